The number of aliphatic hydroxyl groups excluding tert-OH is 1. The highest BCUT2D eigenvalue weighted by Gasteiger charge is 2.14. The molecular weight excluding hydrogens is 554 g/mol. The summed E-state index contributed by atoms with van der Waals surface area (Å²) in [6, 6.07) is 18.5. The van der Waals surface area contributed by atoms with E-state index in [0.29, 0.717) is 13.1 Å². The molecule has 0 saturated heterocycles. The molecule has 2 aromatic heterocycles. The molecule has 3 N–H and O–H groups in total. The predicted molar refractivity (Wildman–Crippen MR) is 141 cm³/mol. The first-order chi connectivity index (χ1) is 15.5. The van der Waals surface area contributed by atoms with Crippen LogP contribution in [0, 0.1) is 0 Å². The SMILES string of the molecule is O[C@@H](CNCCc1c[nH]c2ccc(Cl)cc12)Cn1c2ccc(Br)cc2c2cc(Br)ccc21. The van der Waals surface area contributed by atoms with Gasteiger partial charge in [0, 0.05) is 59.4 Å². The molecule has 1 atom stereocenters. The van der Waals surface area contributed by atoms with Gasteiger partial charge in [0.05, 0.1) is 12.6 Å². The number of aromatic amines is 1. The van der Waals surface area contributed by atoms with Crippen LogP contribution in [0.1, 0.15) is 5.56 Å². The summed E-state index contributed by atoms with van der Waals surface area (Å²) in [5.74, 6) is 0. The minimum atomic E-state index is -0.501. The molecule has 32 heavy (non-hydrogen) atoms. The number of aromatic nitrogens is 2. The summed E-state index contributed by atoms with van der Waals surface area (Å²) >= 11 is 13.3. The molecule has 0 unspecified atom stereocenters. The van der Waals surface area contributed by atoms with Gasteiger partial charge < -0.3 is 20.0 Å². The largest absolute Gasteiger partial charge is 0.390 e. The molecule has 0 aliphatic rings. The Morgan fingerprint density at radius 2 is 1.62 bits per heavy atom. The van der Waals surface area contributed by atoms with Gasteiger partial charge >= 0.3 is 0 Å². The molecular formula is C25H22Br2ClN3O. The molecule has 0 radical (unpaired) electrons. The average Bonchev–Trinajstić information content (AvgIpc) is 3.29. The maximum Gasteiger partial charge on any atom is 0.0843 e. The highest BCUT2D eigenvalue weighted by atomic mass is 79.9. The van der Waals surface area contributed by atoms with Gasteiger partial charge in [-0.3, -0.25) is 0 Å². The summed E-state index contributed by atoms with van der Waals surface area (Å²) in [7, 11) is 0. The van der Waals surface area contributed by atoms with Crippen LogP contribution >= 0.6 is 43.5 Å². The first-order valence-corrected chi connectivity index (χ1v) is 12.5. The Hall–Kier alpha value is -1.83. The van der Waals surface area contributed by atoms with E-state index in [1.54, 1.807) is 0 Å². The Morgan fingerprint density at radius 3 is 2.31 bits per heavy atom. The van der Waals surface area contributed by atoms with Crippen molar-refractivity contribution in [3.8, 4) is 0 Å². The number of halogens is 3. The van der Waals surface area contributed by atoms with Crippen LogP contribution in [-0.4, -0.2) is 33.9 Å². The number of H-pyrrole nitrogens is 1. The predicted octanol–water partition coefficient (Wildman–Crippen LogP) is 6.65. The molecule has 0 saturated carbocycles. The maximum absolute atomic E-state index is 10.8. The van der Waals surface area contributed by atoms with Gasteiger partial charge in [-0.2, -0.15) is 0 Å². The molecule has 3 aromatic carbocycles. The van der Waals surface area contributed by atoms with E-state index in [9.17, 15) is 5.11 Å². The van der Waals surface area contributed by atoms with Gasteiger partial charge in [-0.05, 0) is 73.1 Å². The van der Waals surface area contributed by atoms with Crippen molar-refractivity contribution in [3.63, 3.8) is 0 Å². The second kappa shape index (κ2) is 9.20. The van der Waals surface area contributed by atoms with Crippen molar-refractivity contribution in [2.75, 3.05) is 13.1 Å². The smallest absolute Gasteiger partial charge is 0.0843 e. The fraction of sp³-hybridized carbons (Fsp3) is 0.200. The topological polar surface area (TPSA) is 53.0 Å². The van der Waals surface area contributed by atoms with Crippen molar-refractivity contribution in [2.24, 2.45) is 0 Å². The minimum Gasteiger partial charge on any atom is -0.390 e. The fourth-order valence-electron chi connectivity index (χ4n) is 4.37. The van der Waals surface area contributed by atoms with Crippen LogP contribution in [0.4, 0.5) is 0 Å². The van der Waals surface area contributed by atoms with E-state index in [2.05, 4.69) is 71.0 Å². The lowest BCUT2D eigenvalue weighted by Gasteiger charge is -2.15. The van der Waals surface area contributed by atoms with Gasteiger partial charge in [0.2, 0.25) is 0 Å². The first kappa shape index (κ1) is 22.0. The van der Waals surface area contributed by atoms with Crippen molar-refractivity contribution in [1.29, 1.82) is 0 Å². The molecule has 2 heterocycles. The standard InChI is InChI=1S/C25H22Br2ClN3O/c26-16-1-5-24-21(9-16)22-10-17(27)2-6-25(22)31(24)14-19(32)13-29-8-7-15-12-30-23-4-3-18(28)11-20(15)23/h1-6,9-12,19,29-30,32H,7-8,13-14H2/t19-/m0/s1. The Bertz CT molecular complexity index is 1370. The molecule has 4 nitrogen and oxygen atoms in total. The number of rotatable bonds is 7. The summed E-state index contributed by atoms with van der Waals surface area (Å²) in [5, 5.41) is 18.4. The molecule has 5 rings (SSSR count). The summed E-state index contributed by atoms with van der Waals surface area (Å²) in [4.78, 5) is 3.29. The second-order valence-corrected chi connectivity index (χ2v) is 10.3. The average molecular weight is 576 g/mol. The molecule has 5 aromatic rings. The van der Waals surface area contributed by atoms with E-state index in [4.69, 9.17) is 11.6 Å². The Morgan fingerprint density at radius 1 is 0.938 bits per heavy atom. The quantitative estimate of drug-likeness (QED) is 0.191. The van der Waals surface area contributed by atoms with Crippen molar-refractivity contribution < 1.29 is 5.11 Å². The molecule has 7 heteroatoms. The molecule has 164 valence electrons. The van der Waals surface area contributed by atoms with Gasteiger partial charge in [0.15, 0.2) is 0 Å². The second-order valence-electron chi connectivity index (χ2n) is 8.05. The lowest BCUT2D eigenvalue weighted by atomic mass is 10.1. The maximum atomic E-state index is 10.8. The zero-order chi connectivity index (χ0) is 22.2. The zero-order valence-electron chi connectivity index (χ0n) is 17.2. The van der Waals surface area contributed by atoms with Crippen molar-refractivity contribution >= 4 is 76.2 Å². The van der Waals surface area contributed by atoms with E-state index in [-0.39, 0.29) is 0 Å². The van der Waals surface area contributed by atoms with Gasteiger partial charge in [0.1, 0.15) is 0 Å². The van der Waals surface area contributed by atoms with E-state index in [0.717, 1.165) is 48.9 Å². The number of aliphatic hydroxyl groups is 1. The molecule has 0 spiro atoms. The summed E-state index contributed by atoms with van der Waals surface area (Å²) in [6.45, 7) is 1.83. The van der Waals surface area contributed by atoms with Gasteiger partial charge in [0.25, 0.3) is 0 Å². The normalized spacial score (nSPS) is 12.9. The summed E-state index contributed by atoms with van der Waals surface area (Å²) in [6.07, 6.45) is 2.40. The Balaban J connectivity index is 1.28. The minimum absolute atomic E-state index is 0.501. The molecule has 0 amide bonds. The highest BCUT2D eigenvalue weighted by molar-refractivity contribution is 9.10. The molecule has 0 aliphatic heterocycles. The Kier molecular flexibility index (Phi) is 6.32. The Labute approximate surface area is 207 Å². The van der Waals surface area contributed by atoms with Crippen LogP contribution in [0.2, 0.25) is 5.02 Å². The monoisotopic (exact) mass is 573 g/mol. The van der Waals surface area contributed by atoms with Gasteiger partial charge in [-0.1, -0.05) is 43.5 Å². The molecule has 0 fully saturated rings. The first-order valence-electron chi connectivity index (χ1n) is 10.5. The van der Waals surface area contributed by atoms with E-state index < -0.39 is 6.10 Å². The van der Waals surface area contributed by atoms with Crippen molar-refractivity contribution in [1.82, 2.24) is 14.9 Å². The number of hydrogen-bond donors (Lipinski definition) is 3. The van der Waals surface area contributed by atoms with Crippen LogP contribution in [0.3, 0.4) is 0 Å². The third kappa shape index (κ3) is 4.35. The van der Waals surface area contributed by atoms with Gasteiger partial charge in [-0.25, -0.2) is 0 Å². The van der Waals surface area contributed by atoms with Crippen LogP contribution in [0.15, 0.2) is 69.7 Å². The van der Waals surface area contributed by atoms with Crippen LogP contribution in [-0.2, 0) is 13.0 Å². The number of nitrogens with one attached hydrogen (secondary N) is 2. The van der Waals surface area contributed by atoms with Crippen LogP contribution in [0.5, 0.6) is 0 Å². The van der Waals surface area contributed by atoms with E-state index >= 15 is 0 Å². The highest BCUT2D eigenvalue weighted by Crippen LogP contribution is 2.33. The van der Waals surface area contributed by atoms with E-state index in [1.807, 2.05) is 36.5 Å². The number of benzene rings is 3. The lowest BCUT2D eigenvalue weighted by molar-refractivity contribution is 0.154. The summed E-state index contributed by atoms with van der Waals surface area (Å²) in [5.41, 5.74) is 4.56. The molecule has 0 bridgehead atoms. The van der Waals surface area contributed by atoms with Crippen molar-refractivity contribution in [3.05, 3.63) is 80.3 Å². The summed E-state index contributed by atoms with van der Waals surface area (Å²) < 4.78 is 4.30. The van der Waals surface area contributed by atoms with Crippen molar-refractivity contribution in [2.45, 2.75) is 19.1 Å². The van der Waals surface area contributed by atoms with E-state index in [1.165, 1.54) is 16.3 Å². The van der Waals surface area contributed by atoms with Gasteiger partial charge in [-0.15, -0.1) is 0 Å². The third-order valence-electron chi connectivity index (χ3n) is 5.86. The number of hydrogen-bond acceptors (Lipinski definition) is 2. The zero-order valence-corrected chi connectivity index (χ0v) is 21.1. The fourth-order valence-corrected chi connectivity index (χ4v) is 5.26. The number of nitrogens with zero attached hydrogens (tertiary/aromatic N) is 1. The number of fused-ring (bicyclic) bond motifs is 4. The lowest BCUT2D eigenvalue weighted by Crippen LogP contribution is -2.31. The molecule has 0 aliphatic carbocycles. The van der Waals surface area contributed by atoms with Crippen LogP contribution in [0.25, 0.3) is 32.7 Å². The van der Waals surface area contributed by atoms with Crippen LogP contribution < -0.4 is 5.32 Å². The third-order valence-corrected chi connectivity index (χ3v) is 7.08.